The van der Waals surface area contributed by atoms with Crippen molar-refractivity contribution in [3.05, 3.63) is 0 Å². The standard InChI is InChI=1S/C8H18S3/c1-5-7(3)9-11-10-8(4)6-2/h7-8H,5-6H2,1-4H3/t7-,8-/m1/s1. The van der Waals surface area contributed by atoms with Gasteiger partial charge in [-0.25, -0.2) is 0 Å². The molecule has 0 amide bonds. The lowest BCUT2D eigenvalue weighted by Crippen LogP contribution is -1.90. The van der Waals surface area contributed by atoms with E-state index in [1.807, 2.05) is 31.4 Å². The second kappa shape index (κ2) is 7.69. The maximum absolute atomic E-state index is 2.29. The van der Waals surface area contributed by atoms with E-state index in [2.05, 4.69) is 27.7 Å². The molecule has 0 N–H and O–H groups in total. The molecule has 0 radical (unpaired) electrons. The van der Waals surface area contributed by atoms with Crippen LogP contribution in [0, 0.1) is 0 Å². The molecule has 0 aromatic carbocycles. The van der Waals surface area contributed by atoms with Crippen LogP contribution in [0.4, 0.5) is 0 Å². The SMILES string of the molecule is CC[C@@H](C)SSS[C@H](C)CC. The van der Waals surface area contributed by atoms with Gasteiger partial charge in [-0.15, -0.1) is 0 Å². The fourth-order valence-corrected chi connectivity index (χ4v) is 5.46. The molecule has 3 heteroatoms. The van der Waals surface area contributed by atoms with Crippen LogP contribution < -0.4 is 0 Å². The van der Waals surface area contributed by atoms with Gasteiger partial charge >= 0.3 is 0 Å². The Morgan fingerprint density at radius 3 is 1.55 bits per heavy atom. The molecule has 0 aliphatic rings. The highest BCUT2D eigenvalue weighted by Gasteiger charge is 2.03. The van der Waals surface area contributed by atoms with E-state index in [4.69, 9.17) is 0 Å². The van der Waals surface area contributed by atoms with Crippen molar-refractivity contribution in [3.63, 3.8) is 0 Å². The molecule has 0 saturated carbocycles. The van der Waals surface area contributed by atoms with Crippen LogP contribution in [0.5, 0.6) is 0 Å². The van der Waals surface area contributed by atoms with Gasteiger partial charge in [-0.3, -0.25) is 0 Å². The minimum atomic E-state index is 0.802. The van der Waals surface area contributed by atoms with Gasteiger partial charge in [0.15, 0.2) is 0 Å². The van der Waals surface area contributed by atoms with E-state index < -0.39 is 0 Å². The van der Waals surface area contributed by atoms with Crippen molar-refractivity contribution in [1.29, 1.82) is 0 Å². The second-order valence-corrected chi connectivity index (χ2v) is 7.62. The van der Waals surface area contributed by atoms with E-state index in [1.165, 1.54) is 12.8 Å². The van der Waals surface area contributed by atoms with E-state index in [0.717, 1.165) is 10.5 Å². The Hall–Kier alpha value is 1.05. The van der Waals surface area contributed by atoms with Gasteiger partial charge in [0.05, 0.1) is 0 Å². The van der Waals surface area contributed by atoms with Crippen molar-refractivity contribution in [2.24, 2.45) is 0 Å². The summed E-state index contributed by atoms with van der Waals surface area (Å²) >= 11 is 0. The predicted octanol–water partition coefficient (Wildman–Crippen LogP) is 4.61. The number of hydrogen-bond donors (Lipinski definition) is 0. The molecule has 0 rings (SSSR count). The molecule has 0 spiro atoms. The van der Waals surface area contributed by atoms with Gasteiger partial charge in [-0.05, 0) is 22.7 Å². The second-order valence-electron chi connectivity index (χ2n) is 2.70. The molecule has 0 saturated heterocycles. The van der Waals surface area contributed by atoms with Crippen LogP contribution in [-0.2, 0) is 0 Å². The summed E-state index contributed by atoms with van der Waals surface area (Å²) in [4.78, 5) is 0. The lowest BCUT2D eigenvalue weighted by Gasteiger charge is -2.09. The highest BCUT2D eigenvalue weighted by molar-refractivity contribution is 9.09. The summed E-state index contributed by atoms with van der Waals surface area (Å²) in [6, 6.07) is 0. The Morgan fingerprint density at radius 1 is 0.909 bits per heavy atom. The van der Waals surface area contributed by atoms with Crippen LogP contribution >= 0.6 is 31.4 Å². The molecule has 0 aliphatic heterocycles. The van der Waals surface area contributed by atoms with Crippen molar-refractivity contribution >= 4 is 31.4 Å². The summed E-state index contributed by atoms with van der Waals surface area (Å²) in [5, 5.41) is 1.60. The third-order valence-electron chi connectivity index (χ3n) is 1.56. The van der Waals surface area contributed by atoms with Crippen molar-refractivity contribution in [2.75, 3.05) is 0 Å². The van der Waals surface area contributed by atoms with Crippen LogP contribution in [0.25, 0.3) is 0 Å². The Morgan fingerprint density at radius 2 is 1.27 bits per heavy atom. The summed E-state index contributed by atoms with van der Waals surface area (Å²) in [6.45, 7) is 9.06. The molecule has 68 valence electrons. The zero-order valence-corrected chi connectivity index (χ0v) is 10.2. The number of rotatable bonds is 6. The Kier molecular flexibility index (Phi) is 8.42. The minimum Gasteiger partial charge on any atom is -0.0794 e. The summed E-state index contributed by atoms with van der Waals surface area (Å²) < 4.78 is 0. The summed E-state index contributed by atoms with van der Waals surface area (Å²) in [5.74, 6) is 0. The third-order valence-corrected chi connectivity index (χ3v) is 6.89. The fourth-order valence-electron chi connectivity index (χ4n) is 0.293. The molecule has 0 aromatic heterocycles. The van der Waals surface area contributed by atoms with E-state index in [1.54, 1.807) is 0 Å². The maximum atomic E-state index is 2.29. The Labute approximate surface area is 82.5 Å². The first-order valence-electron chi connectivity index (χ1n) is 4.19. The smallest absolute Gasteiger partial charge is 0.0128 e. The first-order valence-corrected chi connectivity index (χ1v) is 7.80. The lowest BCUT2D eigenvalue weighted by molar-refractivity contribution is 0.911. The normalized spacial score (nSPS) is 16.4. The van der Waals surface area contributed by atoms with Crippen LogP contribution in [0.2, 0.25) is 0 Å². The molecule has 0 unspecified atom stereocenters. The quantitative estimate of drug-likeness (QED) is 0.587. The van der Waals surface area contributed by atoms with Crippen molar-refractivity contribution in [2.45, 2.75) is 51.0 Å². The van der Waals surface area contributed by atoms with Gasteiger partial charge in [0.25, 0.3) is 0 Å². The molecule has 0 fully saturated rings. The monoisotopic (exact) mass is 210 g/mol. The summed E-state index contributed by atoms with van der Waals surface area (Å²) in [7, 11) is 5.95. The molecule has 11 heavy (non-hydrogen) atoms. The van der Waals surface area contributed by atoms with Crippen molar-refractivity contribution < 1.29 is 0 Å². The number of hydrogen-bond acceptors (Lipinski definition) is 3. The lowest BCUT2D eigenvalue weighted by atomic mass is 10.4. The zero-order valence-electron chi connectivity index (χ0n) is 7.79. The Balaban J connectivity index is 3.13. The molecule has 0 heterocycles. The topological polar surface area (TPSA) is 0 Å². The minimum absolute atomic E-state index is 0.802. The van der Waals surface area contributed by atoms with Crippen LogP contribution in [0.15, 0.2) is 0 Å². The highest BCUT2D eigenvalue weighted by atomic mass is 33.5. The Bertz CT molecular complexity index is 75.4. The van der Waals surface area contributed by atoms with Gasteiger partial charge in [0.2, 0.25) is 0 Å². The molecular weight excluding hydrogens is 192 g/mol. The fraction of sp³-hybridized carbons (Fsp3) is 1.00. The van der Waals surface area contributed by atoms with Crippen LogP contribution in [0.3, 0.4) is 0 Å². The van der Waals surface area contributed by atoms with Crippen molar-refractivity contribution in [3.8, 4) is 0 Å². The molecule has 0 aromatic rings. The molecule has 0 aliphatic carbocycles. The van der Waals surface area contributed by atoms with E-state index in [9.17, 15) is 0 Å². The molecular formula is C8H18S3. The van der Waals surface area contributed by atoms with Crippen LogP contribution in [-0.4, -0.2) is 10.5 Å². The maximum Gasteiger partial charge on any atom is 0.0128 e. The molecule has 0 nitrogen and oxygen atoms in total. The van der Waals surface area contributed by atoms with E-state index in [0.29, 0.717) is 0 Å². The van der Waals surface area contributed by atoms with E-state index >= 15 is 0 Å². The van der Waals surface area contributed by atoms with Crippen LogP contribution in [0.1, 0.15) is 40.5 Å². The molecule has 2 atom stereocenters. The largest absolute Gasteiger partial charge is 0.0794 e. The third kappa shape index (κ3) is 7.41. The summed E-state index contributed by atoms with van der Waals surface area (Å²) in [5.41, 5.74) is 0. The zero-order chi connectivity index (χ0) is 8.69. The highest BCUT2D eigenvalue weighted by Crippen LogP contribution is 2.41. The van der Waals surface area contributed by atoms with Gasteiger partial charge in [0.1, 0.15) is 0 Å². The van der Waals surface area contributed by atoms with Gasteiger partial charge in [-0.1, -0.05) is 49.3 Å². The molecule has 0 bridgehead atoms. The van der Waals surface area contributed by atoms with Gasteiger partial charge in [0, 0.05) is 10.5 Å². The first kappa shape index (κ1) is 12.0. The predicted molar refractivity (Wildman–Crippen MR) is 62.3 cm³/mol. The van der Waals surface area contributed by atoms with Crippen molar-refractivity contribution in [1.82, 2.24) is 0 Å². The van der Waals surface area contributed by atoms with Gasteiger partial charge in [-0.2, -0.15) is 0 Å². The average Bonchev–Trinajstić information content (AvgIpc) is 2.04. The van der Waals surface area contributed by atoms with Gasteiger partial charge < -0.3 is 0 Å². The first-order chi connectivity index (χ1) is 5.20. The average molecular weight is 210 g/mol. The van der Waals surface area contributed by atoms with E-state index in [-0.39, 0.29) is 0 Å². The summed E-state index contributed by atoms with van der Waals surface area (Å²) in [6.07, 6.45) is 2.55.